The second-order valence-corrected chi connectivity index (χ2v) is 11.2. The molecule has 2 saturated heterocycles. The summed E-state index contributed by atoms with van der Waals surface area (Å²) in [6, 6.07) is 3.57. The Morgan fingerprint density at radius 2 is 2.26 bits per heavy atom. The minimum atomic E-state index is -3.05. The van der Waals surface area contributed by atoms with Crippen molar-refractivity contribution in [2.45, 2.75) is 25.8 Å². The van der Waals surface area contributed by atoms with E-state index in [1.807, 2.05) is 30.5 Å². The van der Waals surface area contributed by atoms with Crippen LogP contribution in [0.5, 0.6) is 0 Å². The molecule has 0 bridgehead atoms. The summed E-state index contributed by atoms with van der Waals surface area (Å²) in [5, 5.41) is 1.94. The molecule has 0 spiro atoms. The van der Waals surface area contributed by atoms with Gasteiger partial charge in [-0.1, -0.05) is 30.0 Å². The standard InChI is InChI=1S/C17H20N2O4S4/c1-2-18(12-6-9-27(22,23)11-12)15(20)5-7-19-16(21)14(26-17(19)24)10-13-4-3-8-25-13/h3-4,8,10,12H,2,5-7,9,11H2,1H3/b14-10+/t12-/m1/s1. The maximum absolute atomic E-state index is 12.6. The van der Waals surface area contributed by atoms with Gasteiger partial charge in [-0.3, -0.25) is 14.5 Å². The number of sulfone groups is 1. The summed E-state index contributed by atoms with van der Waals surface area (Å²) in [6.07, 6.45) is 2.42. The molecule has 2 aliphatic rings. The van der Waals surface area contributed by atoms with Crippen LogP contribution in [0.15, 0.2) is 22.4 Å². The number of thioether (sulfide) groups is 1. The number of carbonyl (C=O) groups is 2. The van der Waals surface area contributed by atoms with Crippen molar-refractivity contribution < 1.29 is 18.0 Å². The minimum absolute atomic E-state index is 0.0250. The Bertz CT molecular complexity index is 877. The first-order chi connectivity index (χ1) is 12.8. The van der Waals surface area contributed by atoms with Crippen molar-refractivity contribution in [2.75, 3.05) is 24.6 Å². The fraction of sp³-hybridized carbons (Fsp3) is 0.471. The molecular formula is C17H20N2O4S4. The van der Waals surface area contributed by atoms with E-state index in [-0.39, 0.29) is 42.3 Å². The topological polar surface area (TPSA) is 74.8 Å². The van der Waals surface area contributed by atoms with Gasteiger partial charge >= 0.3 is 0 Å². The molecule has 0 radical (unpaired) electrons. The molecule has 0 aromatic carbocycles. The largest absolute Gasteiger partial charge is 0.339 e. The third-order valence-electron chi connectivity index (χ3n) is 4.55. The smallest absolute Gasteiger partial charge is 0.266 e. The summed E-state index contributed by atoms with van der Waals surface area (Å²) >= 11 is 8.08. The summed E-state index contributed by atoms with van der Waals surface area (Å²) in [4.78, 5) is 29.8. The van der Waals surface area contributed by atoms with Gasteiger partial charge < -0.3 is 4.90 Å². The Morgan fingerprint density at radius 3 is 2.85 bits per heavy atom. The number of nitrogens with zero attached hydrogens (tertiary/aromatic N) is 2. The highest BCUT2D eigenvalue weighted by atomic mass is 32.2. The van der Waals surface area contributed by atoms with Crippen LogP contribution in [0.25, 0.3) is 6.08 Å². The molecule has 2 aliphatic heterocycles. The predicted octanol–water partition coefficient (Wildman–Crippen LogP) is 2.38. The normalized spacial score (nSPS) is 23.4. The fourth-order valence-electron chi connectivity index (χ4n) is 3.21. The average Bonchev–Trinajstić information content (AvgIpc) is 3.29. The van der Waals surface area contributed by atoms with E-state index in [0.29, 0.717) is 22.2 Å². The van der Waals surface area contributed by atoms with E-state index < -0.39 is 9.84 Å². The highest BCUT2D eigenvalue weighted by Crippen LogP contribution is 2.33. The van der Waals surface area contributed by atoms with Crippen molar-refractivity contribution in [2.24, 2.45) is 0 Å². The molecule has 3 rings (SSSR count). The molecule has 2 fully saturated rings. The van der Waals surface area contributed by atoms with Crippen LogP contribution in [0.2, 0.25) is 0 Å². The van der Waals surface area contributed by atoms with Gasteiger partial charge in [0.25, 0.3) is 5.91 Å². The van der Waals surface area contributed by atoms with Gasteiger partial charge in [-0.05, 0) is 30.9 Å². The molecule has 1 aromatic heterocycles. The van der Waals surface area contributed by atoms with Crippen molar-refractivity contribution in [3.8, 4) is 0 Å². The van der Waals surface area contributed by atoms with Crippen LogP contribution in [0.3, 0.4) is 0 Å². The number of thiophene rings is 1. The molecule has 1 aromatic rings. The molecule has 27 heavy (non-hydrogen) atoms. The molecule has 3 heterocycles. The van der Waals surface area contributed by atoms with Gasteiger partial charge in [0.05, 0.1) is 16.4 Å². The summed E-state index contributed by atoms with van der Waals surface area (Å²) in [5.41, 5.74) is 0. The monoisotopic (exact) mass is 444 g/mol. The summed E-state index contributed by atoms with van der Waals surface area (Å²) < 4.78 is 23.8. The molecule has 0 N–H and O–H groups in total. The van der Waals surface area contributed by atoms with E-state index in [4.69, 9.17) is 12.2 Å². The van der Waals surface area contributed by atoms with E-state index in [2.05, 4.69) is 0 Å². The number of amides is 2. The number of hydrogen-bond acceptors (Lipinski definition) is 7. The molecule has 2 amide bonds. The lowest BCUT2D eigenvalue weighted by Crippen LogP contribution is -2.42. The van der Waals surface area contributed by atoms with Gasteiger partial charge in [0, 0.05) is 30.4 Å². The number of carbonyl (C=O) groups excluding carboxylic acids is 2. The Hall–Kier alpha value is -1.23. The second-order valence-electron chi connectivity index (χ2n) is 6.34. The van der Waals surface area contributed by atoms with Crippen LogP contribution in [-0.2, 0) is 19.4 Å². The van der Waals surface area contributed by atoms with Crippen molar-refractivity contribution in [3.05, 3.63) is 27.3 Å². The number of thiocarbonyl (C=S) groups is 1. The average molecular weight is 445 g/mol. The lowest BCUT2D eigenvalue weighted by atomic mass is 10.2. The van der Waals surface area contributed by atoms with Crippen molar-refractivity contribution in [1.29, 1.82) is 0 Å². The summed E-state index contributed by atoms with van der Waals surface area (Å²) in [7, 11) is -3.05. The summed E-state index contributed by atoms with van der Waals surface area (Å²) in [5.74, 6) is -0.172. The molecule has 0 saturated carbocycles. The Morgan fingerprint density at radius 1 is 1.48 bits per heavy atom. The van der Waals surface area contributed by atoms with Gasteiger partial charge in [0.15, 0.2) is 9.84 Å². The number of rotatable bonds is 6. The van der Waals surface area contributed by atoms with Gasteiger partial charge in [-0.15, -0.1) is 11.3 Å². The molecule has 146 valence electrons. The van der Waals surface area contributed by atoms with E-state index >= 15 is 0 Å². The quantitative estimate of drug-likeness (QED) is 0.495. The first-order valence-corrected chi connectivity index (χ1v) is 12.5. The van der Waals surface area contributed by atoms with Crippen LogP contribution < -0.4 is 0 Å². The number of hydrogen-bond donors (Lipinski definition) is 0. The van der Waals surface area contributed by atoms with E-state index in [0.717, 1.165) is 4.88 Å². The Labute approximate surface area is 172 Å². The van der Waals surface area contributed by atoms with Crippen molar-refractivity contribution >= 4 is 67.4 Å². The zero-order valence-corrected chi connectivity index (χ0v) is 18.1. The zero-order valence-electron chi connectivity index (χ0n) is 14.8. The Kier molecular flexibility index (Phi) is 6.39. The molecule has 1 atom stereocenters. The maximum Gasteiger partial charge on any atom is 0.266 e. The van der Waals surface area contributed by atoms with Crippen molar-refractivity contribution in [3.63, 3.8) is 0 Å². The first kappa shape index (κ1) is 20.5. The minimum Gasteiger partial charge on any atom is -0.339 e. The fourth-order valence-corrected chi connectivity index (χ4v) is 6.97. The first-order valence-electron chi connectivity index (χ1n) is 8.59. The molecular weight excluding hydrogens is 424 g/mol. The van der Waals surface area contributed by atoms with Crippen LogP contribution in [0.1, 0.15) is 24.6 Å². The van der Waals surface area contributed by atoms with Crippen molar-refractivity contribution in [1.82, 2.24) is 9.80 Å². The van der Waals surface area contributed by atoms with Gasteiger partial charge in [-0.2, -0.15) is 0 Å². The SMILES string of the molecule is CCN(C(=O)CCN1C(=O)/C(=C\c2cccs2)SC1=S)[C@@H]1CCS(=O)(=O)C1. The van der Waals surface area contributed by atoms with Crippen LogP contribution in [0, 0.1) is 0 Å². The molecule has 0 unspecified atom stereocenters. The molecule has 0 aliphatic carbocycles. The van der Waals surface area contributed by atoms with E-state index in [1.165, 1.54) is 28.0 Å². The highest BCUT2D eigenvalue weighted by Gasteiger charge is 2.35. The van der Waals surface area contributed by atoms with E-state index in [1.54, 1.807) is 4.90 Å². The third kappa shape index (κ3) is 4.79. The van der Waals surface area contributed by atoms with Crippen LogP contribution in [0.4, 0.5) is 0 Å². The summed E-state index contributed by atoms with van der Waals surface area (Å²) in [6.45, 7) is 2.50. The highest BCUT2D eigenvalue weighted by molar-refractivity contribution is 8.26. The second kappa shape index (κ2) is 8.42. The Balaban J connectivity index is 1.61. The molecule has 6 nitrogen and oxygen atoms in total. The van der Waals surface area contributed by atoms with Crippen LogP contribution in [-0.4, -0.2) is 65.0 Å². The van der Waals surface area contributed by atoms with Crippen LogP contribution >= 0.6 is 35.3 Å². The molecule has 10 heteroatoms. The van der Waals surface area contributed by atoms with Gasteiger partial charge in [-0.25, -0.2) is 8.42 Å². The zero-order chi connectivity index (χ0) is 19.6. The third-order valence-corrected chi connectivity index (χ3v) is 8.50. The van der Waals surface area contributed by atoms with Gasteiger partial charge in [0.2, 0.25) is 5.91 Å². The van der Waals surface area contributed by atoms with Gasteiger partial charge in [0.1, 0.15) is 4.32 Å². The maximum atomic E-state index is 12.6. The lowest BCUT2D eigenvalue weighted by molar-refractivity contribution is -0.133. The lowest BCUT2D eigenvalue weighted by Gasteiger charge is -2.27. The van der Waals surface area contributed by atoms with E-state index in [9.17, 15) is 18.0 Å². The predicted molar refractivity (Wildman–Crippen MR) is 113 cm³/mol.